The van der Waals surface area contributed by atoms with Gasteiger partial charge in [-0.2, -0.15) is 5.10 Å². The summed E-state index contributed by atoms with van der Waals surface area (Å²) in [6.45, 7) is 0. The summed E-state index contributed by atoms with van der Waals surface area (Å²) in [5.41, 5.74) is 2.63. The molecule has 3 rings (SSSR count). The second-order valence-electron chi connectivity index (χ2n) is 4.23. The molecule has 0 aliphatic rings. The van der Waals surface area contributed by atoms with E-state index in [1.54, 1.807) is 17.1 Å². The number of aromatic carboxylic acids is 1. The number of hydrogen-bond acceptors (Lipinski definition) is 3. The van der Waals surface area contributed by atoms with Gasteiger partial charge in [-0.25, -0.2) is 4.79 Å². The molecule has 2 heterocycles. The Bertz CT molecular complexity index is 777. The molecule has 1 N–H and O–H groups in total. The van der Waals surface area contributed by atoms with Crippen LogP contribution in [0.5, 0.6) is 0 Å². The van der Waals surface area contributed by atoms with Crippen LogP contribution in [0.2, 0.25) is 0 Å². The smallest absolute Gasteiger partial charge is 0.336 e. The van der Waals surface area contributed by atoms with E-state index in [9.17, 15) is 9.90 Å². The zero-order chi connectivity index (χ0) is 13.4. The SMILES string of the molecule is Cn1ncc2c(-c3cnccc3C(=O)O)cccc21. The molecule has 0 saturated carbocycles. The summed E-state index contributed by atoms with van der Waals surface area (Å²) in [7, 11) is 1.85. The number of aromatic nitrogens is 3. The molecule has 0 atom stereocenters. The standard InChI is InChI=1S/C14H11N3O2/c1-17-13-4-2-3-9(12(13)8-16-17)11-7-15-6-5-10(11)14(18)19/h2-8H,1H3,(H,18,19). The number of pyridine rings is 1. The van der Waals surface area contributed by atoms with Gasteiger partial charge in [0.25, 0.3) is 0 Å². The van der Waals surface area contributed by atoms with Gasteiger partial charge in [0.2, 0.25) is 0 Å². The Morgan fingerprint density at radius 1 is 1.21 bits per heavy atom. The molecule has 0 spiro atoms. The Hall–Kier alpha value is -2.69. The molecule has 0 aliphatic carbocycles. The van der Waals surface area contributed by atoms with Crippen LogP contribution in [0.4, 0.5) is 0 Å². The zero-order valence-corrected chi connectivity index (χ0v) is 10.2. The fourth-order valence-electron chi connectivity index (χ4n) is 2.21. The van der Waals surface area contributed by atoms with Crippen molar-refractivity contribution in [2.24, 2.45) is 7.05 Å². The molecule has 0 radical (unpaired) electrons. The summed E-state index contributed by atoms with van der Waals surface area (Å²) in [6.07, 6.45) is 4.80. The first-order valence-corrected chi connectivity index (χ1v) is 5.77. The highest BCUT2D eigenvalue weighted by molar-refractivity contribution is 6.02. The van der Waals surface area contributed by atoms with Gasteiger partial charge < -0.3 is 5.11 Å². The van der Waals surface area contributed by atoms with Crippen molar-refractivity contribution in [2.75, 3.05) is 0 Å². The molecule has 0 bridgehead atoms. The van der Waals surface area contributed by atoms with Crippen molar-refractivity contribution in [3.63, 3.8) is 0 Å². The van der Waals surface area contributed by atoms with Gasteiger partial charge in [-0.1, -0.05) is 12.1 Å². The molecule has 19 heavy (non-hydrogen) atoms. The summed E-state index contributed by atoms with van der Waals surface area (Å²) in [5.74, 6) is -0.960. The predicted molar refractivity (Wildman–Crippen MR) is 70.9 cm³/mol. The maximum atomic E-state index is 11.3. The summed E-state index contributed by atoms with van der Waals surface area (Å²) in [5, 5.41) is 14.4. The number of hydrogen-bond donors (Lipinski definition) is 1. The van der Waals surface area contributed by atoms with E-state index < -0.39 is 5.97 Å². The maximum Gasteiger partial charge on any atom is 0.336 e. The van der Waals surface area contributed by atoms with Gasteiger partial charge >= 0.3 is 5.97 Å². The van der Waals surface area contributed by atoms with Gasteiger partial charge in [0, 0.05) is 30.4 Å². The topological polar surface area (TPSA) is 68.0 Å². The summed E-state index contributed by atoms with van der Waals surface area (Å²) in [4.78, 5) is 15.3. The van der Waals surface area contributed by atoms with Crippen LogP contribution in [0.3, 0.4) is 0 Å². The zero-order valence-electron chi connectivity index (χ0n) is 10.2. The molecular weight excluding hydrogens is 242 g/mol. The minimum atomic E-state index is -0.960. The highest BCUT2D eigenvalue weighted by Crippen LogP contribution is 2.30. The number of aryl methyl sites for hydroxylation is 1. The van der Waals surface area contributed by atoms with E-state index in [-0.39, 0.29) is 5.56 Å². The molecule has 5 nitrogen and oxygen atoms in total. The lowest BCUT2D eigenvalue weighted by atomic mass is 9.99. The van der Waals surface area contributed by atoms with Crippen LogP contribution in [-0.2, 0) is 7.05 Å². The second-order valence-corrected chi connectivity index (χ2v) is 4.23. The fourth-order valence-corrected chi connectivity index (χ4v) is 2.21. The fraction of sp³-hybridized carbons (Fsp3) is 0.0714. The van der Waals surface area contributed by atoms with Gasteiger partial charge in [0.05, 0.1) is 17.3 Å². The van der Waals surface area contributed by atoms with Crippen LogP contribution in [0.25, 0.3) is 22.0 Å². The van der Waals surface area contributed by atoms with Crippen LogP contribution in [-0.4, -0.2) is 25.8 Å². The number of benzene rings is 1. The normalized spacial score (nSPS) is 10.8. The molecule has 0 saturated heterocycles. The Morgan fingerprint density at radius 2 is 2.05 bits per heavy atom. The molecule has 0 unspecified atom stereocenters. The quantitative estimate of drug-likeness (QED) is 0.761. The molecule has 0 fully saturated rings. The van der Waals surface area contributed by atoms with Crippen molar-refractivity contribution in [3.8, 4) is 11.1 Å². The van der Waals surface area contributed by atoms with E-state index in [0.29, 0.717) is 5.56 Å². The van der Waals surface area contributed by atoms with Crippen molar-refractivity contribution in [1.82, 2.24) is 14.8 Å². The first-order valence-electron chi connectivity index (χ1n) is 5.77. The largest absolute Gasteiger partial charge is 0.478 e. The molecule has 2 aromatic heterocycles. The summed E-state index contributed by atoms with van der Waals surface area (Å²) >= 11 is 0. The minimum absolute atomic E-state index is 0.242. The van der Waals surface area contributed by atoms with Crippen LogP contribution in [0, 0.1) is 0 Å². The van der Waals surface area contributed by atoms with Crippen molar-refractivity contribution in [2.45, 2.75) is 0 Å². The lowest BCUT2D eigenvalue weighted by Gasteiger charge is -2.06. The highest BCUT2D eigenvalue weighted by atomic mass is 16.4. The van der Waals surface area contributed by atoms with Crippen LogP contribution < -0.4 is 0 Å². The summed E-state index contributed by atoms with van der Waals surface area (Å²) < 4.78 is 1.76. The van der Waals surface area contributed by atoms with Crippen molar-refractivity contribution in [1.29, 1.82) is 0 Å². The molecule has 1 aromatic carbocycles. The van der Waals surface area contributed by atoms with Gasteiger partial charge in [-0.15, -0.1) is 0 Å². The van der Waals surface area contributed by atoms with E-state index in [1.807, 2.05) is 25.2 Å². The lowest BCUT2D eigenvalue weighted by Crippen LogP contribution is -2.00. The van der Waals surface area contributed by atoms with Crippen molar-refractivity contribution < 1.29 is 9.90 Å². The van der Waals surface area contributed by atoms with Gasteiger partial charge in [-0.05, 0) is 17.7 Å². The molecule has 94 valence electrons. The van der Waals surface area contributed by atoms with E-state index in [1.165, 1.54) is 12.3 Å². The third-order valence-electron chi connectivity index (χ3n) is 3.13. The first-order chi connectivity index (χ1) is 9.18. The predicted octanol–water partition coefficient (Wildman–Crippen LogP) is 2.33. The maximum absolute atomic E-state index is 11.3. The van der Waals surface area contributed by atoms with Crippen LogP contribution >= 0.6 is 0 Å². The Balaban J connectivity index is 2.34. The third-order valence-corrected chi connectivity index (χ3v) is 3.13. The Labute approximate surface area is 109 Å². The van der Waals surface area contributed by atoms with Gasteiger partial charge in [0.1, 0.15) is 0 Å². The number of carboxylic acid groups (broad SMARTS) is 1. The number of nitrogens with zero attached hydrogens (tertiary/aromatic N) is 3. The third kappa shape index (κ3) is 1.76. The van der Waals surface area contributed by atoms with E-state index in [2.05, 4.69) is 10.1 Å². The average molecular weight is 253 g/mol. The number of carboxylic acids is 1. The van der Waals surface area contributed by atoms with Crippen LogP contribution in [0.1, 0.15) is 10.4 Å². The summed E-state index contributed by atoms with van der Waals surface area (Å²) in [6, 6.07) is 7.22. The lowest BCUT2D eigenvalue weighted by molar-refractivity contribution is 0.0697. The minimum Gasteiger partial charge on any atom is -0.478 e. The number of fused-ring (bicyclic) bond motifs is 1. The Morgan fingerprint density at radius 3 is 2.84 bits per heavy atom. The highest BCUT2D eigenvalue weighted by Gasteiger charge is 2.14. The Kier molecular flexibility index (Phi) is 2.52. The molecule has 5 heteroatoms. The molecular formula is C14H11N3O2. The molecule has 3 aromatic rings. The van der Waals surface area contributed by atoms with Crippen molar-refractivity contribution in [3.05, 3.63) is 48.4 Å². The van der Waals surface area contributed by atoms with E-state index in [4.69, 9.17) is 0 Å². The molecule has 0 aliphatic heterocycles. The first kappa shape index (κ1) is 11.4. The van der Waals surface area contributed by atoms with Gasteiger partial charge in [-0.3, -0.25) is 9.67 Å². The van der Waals surface area contributed by atoms with Gasteiger partial charge in [0.15, 0.2) is 0 Å². The average Bonchev–Trinajstić information content (AvgIpc) is 2.81. The van der Waals surface area contributed by atoms with Crippen LogP contribution in [0.15, 0.2) is 42.9 Å². The van der Waals surface area contributed by atoms with E-state index >= 15 is 0 Å². The number of rotatable bonds is 2. The monoisotopic (exact) mass is 253 g/mol. The van der Waals surface area contributed by atoms with E-state index in [0.717, 1.165) is 16.5 Å². The molecule has 0 amide bonds. The number of carbonyl (C=O) groups is 1. The second kappa shape index (κ2) is 4.20. The van der Waals surface area contributed by atoms with Crippen molar-refractivity contribution >= 4 is 16.9 Å².